The van der Waals surface area contributed by atoms with Crippen LogP contribution in [0.3, 0.4) is 0 Å². The molecule has 4 aromatic rings. The minimum Gasteiger partial charge on any atom is -0.445 e. The predicted molar refractivity (Wildman–Crippen MR) is 182 cm³/mol. The van der Waals surface area contributed by atoms with Crippen molar-refractivity contribution in [3.8, 4) is 0 Å². The van der Waals surface area contributed by atoms with Crippen molar-refractivity contribution in [2.75, 3.05) is 0 Å². The first-order chi connectivity index (χ1) is 23.1. The van der Waals surface area contributed by atoms with Gasteiger partial charge in [0.05, 0.1) is 6.04 Å². The van der Waals surface area contributed by atoms with Gasteiger partial charge >= 0.3 is 18.3 Å². The Morgan fingerprint density at radius 1 is 0.735 bits per heavy atom. The van der Waals surface area contributed by atoms with Crippen LogP contribution < -0.4 is 21.3 Å². The van der Waals surface area contributed by atoms with E-state index >= 15 is 0 Å². The first-order valence-corrected chi connectivity index (χ1v) is 15.9. The Kier molecular flexibility index (Phi) is 12.2. The number of aliphatic hydroxyl groups excluding tert-OH is 1. The number of alkyl carbamates (subject to hydrolysis) is 3. The summed E-state index contributed by atoms with van der Waals surface area (Å²) in [6.07, 6.45) is -4.23. The highest BCUT2D eigenvalue weighted by molar-refractivity contribution is 5.72. The van der Waals surface area contributed by atoms with Crippen LogP contribution >= 0.6 is 0 Å². The number of carbonyl (C=O) groups excluding carboxylic acids is 3. The monoisotopic (exact) mass is 675 g/mol. The fourth-order valence-corrected chi connectivity index (χ4v) is 4.60. The smallest absolute Gasteiger partial charge is 0.410 e. The van der Waals surface area contributed by atoms with E-state index in [0.29, 0.717) is 11.1 Å². The Balaban J connectivity index is 1.44. The van der Waals surface area contributed by atoms with Crippen LogP contribution in [-0.2, 0) is 33.8 Å². The summed E-state index contributed by atoms with van der Waals surface area (Å²) in [7, 11) is 0. The Morgan fingerprint density at radius 3 is 1.90 bits per heavy atom. The summed E-state index contributed by atoms with van der Waals surface area (Å²) in [6, 6.07) is 22.9. The summed E-state index contributed by atoms with van der Waals surface area (Å²) in [5.41, 5.74) is 2.05. The van der Waals surface area contributed by atoms with E-state index in [1.165, 1.54) is 0 Å². The third-order valence-corrected chi connectivity index (χ3v) is 6.77. The topological polar surface area (TPSA) is 173 Å². The average Bonchev–Trinajstić information content (AvgIpc) is 3.46. The van der Waals surface area contributed by atoms with E-state index in [4.69, 9.17) is 18.6 Å². The molecule has 3 amide bonds. The molecule has 5 N–H and O–H groups in total. The molecule has 0 saturated carbocycles. The number of amides is 3. The summed E-state index contributed by atoms with van der Waals surface area (Å²) in [4.78, 5) is 42.2. The molecule has 4 rings (SSSR count). The molecule has 13 heteroatoms. The number of hydrogen-bond acceptors (Lipinski definition) is 10. The molecule has 1 aromatic heterocycles. The third kappa shape index (κ3) is 12.4. The zero-order chi connectivity index (χ0) is 35.6. The largest absolute Gasteiger partial charge is 0.445 e. The van der Waals surface area contributed by atoms with Crippen LogP contribution in [0.5, 0.6) is 0 Å². The maximum Gasteiger partial charge on any atom is 0.410 e. The van der Waals surface area contributed by atoms with Crippen LogP contribution in [0.2, 0.25) is 0 Å². The van der Waals surface area contributed by atoms with Crippen molar-refractivity contribution in [1.29, 1.82) is 0 Å². The van der Waals surface area contributed by atoms with Gasteiger partial charge < -0.3 is 29.1 Å². The van der Waals surface area contributed by atoms with Crippen molar-refractivity contribution in [3.63, 3.8) is 0 Å². The number of aliphatic hydroxyl groups is 1. The molecule has 0 aliphatic rings. The Hall–Kier alpha value is -5.14. The van der Waals surface area contributed by atoms with Gasteiger partial charge in [0.15, 0.2) is 18.0 Å². The molecule has 49 heavy (non-hydrogen) atoms. The first kappa shape index (κ1) is 36.7. The number of benzene rings is 3. The molecule has 1 unspecified atom stereocenters. The molecule has 1 heterocycles. The fraction of sp³-hybridized carbons (Fsp3) is 0.389. The van der Waals surface area contributed by atoms with Crippen LogP contribution in [0.1, 0.15) is 70.2 Å². The van der Waals surface area contributed by atoms with Gasteiger partial charge in [0.1, 0.15) is 23.3 Å². The van der Waals surface area contributed by atoms with Crippen LogP contribution in [0.4, 0.5) is 14.4 Å². The number of nitrogens with zero attached hydrogens (tertiary/aromatic N) is 1. The van der Waals surface area contributed by atoms with Crippen molar-refractivity contribution in [3.05, 3.63) is 101 Å². The zero-order valence-electron chi connectivity index (χ0n) is 28.6. The zero-order valence-corrected chi connectivity index (χ0v) is 28.6. The van der Waals surface area contributed by atoms with Gasteiger partial charge in [-0.15, -0.1) is 0 Å². The third-order valence-electron chi connectivity index (χ3n) is 6.77. The van der Waals surface area contributed by atoms with Gasteiger partial charge in [0, 0.05) is 6.54 Å². The molecule has 0 bridgehead atoms. The SMILES string of the molecule is CC(C)(C)OC(=O)NC(NCc1ccc(C[C@H](NC(=O)OCc2ccccc2)C(O)c2nc3ccccc3o2)cc1)NC(=O)OC(C)(C)C. The van der Waals surface area contributed by atoms with E-state index in [9.17, 15) is 19.5 Å². The molecular formula is C36H45N5O8. The lowest BCUT2D eigenvalue weighted by molar-refractivity contribution is 0.0405. The number of para-hydroxylation sites is 2. The summed E-state index contributed by atoms with van der Waals surface area (Å²) in [6.45, 7) is 10.7. The quantitative estimate of drug-likeness (QED) is 0.0910. The minimum atomic E-state index is -1.28. The van der Waals surface area contributed by atoms with Crippen molar-refractivity contribution >= 4 is 29.4 Å². The van der Waals surface area contributed by atoms with E-state index in [1.807, 2.05) is 60.7 Å². The minimum absolute atomic E-state index is 0.0621. The molecule has 0 radical (unpaired) electrons. The van der Waals surface area contributed by atoms with E-state index in [2.05, 4.69) is 26.3 Å². The van der Waals surface area contributed by atoms with E-state index in [-0.39, 0.29) is 25.5 Å². The Labute approximate surface area is 285 Å². The van der Waals surface area contributed by atoms with E-state index in [0.717, 1.165) is 16.7 Å². The summed E-state index contributed by atoms with van der Waals surface area (Å²) in [5, 5.41) is 22.4. The maximum absolute atomic E-state index is 12.9. The number of carbonyl (C=O) groups is 3. The van der Waals surface area contributed by atoms with Crippen molar-refractivity contribution in [2.45, 2.75) is 90.8 Å². The highest BCUT2D eigenvalue weighted by atomic mass is 16.6. The molecule has 0 aliphatic carbocycles. The van der Waals surface area contributed by atoms with Crippen molar-refractivity contribution < 1.29 is 38.1 Å². The van der Waals surface area contributed by atoms with Gasteiger partial charge in [-0.2, -0.15) is 0 Å². The van der Waals surface area contributed by atoms with Gasteiger partial charge in [-0.3, -0.25) is 16.0 Å². The normalized spacial score (nSPS) is 13.0. The summed E-state index contributed by atoms with van der Waals surface area (Å²) < 4.78 is 21.9. The number of oxazole rings is 1. The standard InChI is InChI=1S/C36H45N5O8/c1-35(2,3)48-33(44)40-31(41-34(45)49-36(4,5)6)37-21-24-18-16-23(17-19-24)20-27(39-32(43)46-22-25-12-8-7-9-13-25)29(42)30-38-26-14-10-11-15-28(26)47-30/h7-19,27,29,31,37,42H,20-22H2,1-6H3,(H,39,43)(H,40,44)(H,41,45)/t27-,29?/m0/s1. The van der Waals surface area contributed by atoms with Crippen LogP contribution in [0.25, 0.3) is 11.1 Å². The number of nitrogens with one attached hydrogen (secondary N) is 4. The molecule has 0 spiro atoms. The summed E-state index contributed by atoms with van der Waals surface area (Å²) in [5.74, 6) is 0.0661. The van der Waals surface area contributed by atoms with Crippen LogP contribution in [0, 0.1) is 0 Å². The lowest BCUT2D eigenvalue weighted by atomic mass is 10.00. The molecule has 0 fully saturated rings. The molecule has 0 saturated heterocycles. The van der Waals surface area contributed by atoms with Gasteiger partial charge in [0.25, 0.3) is 0 Å². The lowest BCUT2D eigenvalue weighted by Gasteiger charge is -2.26. The second-order valence-corrected chi connectivity index (χ2v) is 13.4. The molecule has 262 valence electrons. The first-order valence-electron chi connectivity index (χ1n) is 15.9. The Bertz CT molecular complexity index is 1620. The van der Waals surface area contributed by atoms with Gasteiger partial charge in [-0.1, -0.05) is 66.7 Å². The predicted octanol–water partition coefficient (Wildman–Crippen LogP) is 5.82. The fourth-order valence-electron chi connectivity index (χ4n) is 4.60. The van der Waals surface area contributed by atoms with E-state index < -0.39 is 47.9 Å². The van der Waals surface area contributed by atoms with Gasteiger partial charge in [0.2, 0.25) is 5.89 Å². The van der Waals surface area contributed by atoms with Gasteiger partial charge in [-0.05, 0) is 76.8 Å². The van der Waals surface area contributed by atoms with Crippen LogP contribution in [0.15, 0.2) is 83.3 Å². The number of fused-ring (bicyclic) bond motifs is 1. The van der Waals surface area contributed by atoms with Crippen molar-refractivity contribution in [2.24, 2.45) is 0 Å². The number of aromatic nitrogens is 1. The number of rotatable bonds is 12. The molecule has 3 aromatic carbocycles. The Morgan fingerprint density at radius 2 is 1.31 bits per heavy atom. The van der Waals surface area contributed by atoms with E-state index in [1.54, 1.807) is 59.7 Å². The summed E-state index contributed by atoms with van der Waals surface area (Å²) >= 11 is 0. The number of hydrogen-bond donors (Lipinski definition) is 5. The highest BCUT2D eigenvalue weighted by Gasteiger charge is 2.29. The highest BCUT2D eigenvalue weighted by Crippen LogP contribution is 2.24. The van der Waals surface area contributed by atoms with Gasteiger partial charge in [-0.25, -0.2) is 19.4 Å². The van der Waals surface area contributed by atoms with Crippen molar-refractivity contribution in [1.82, 2.24) is 26.3 Å². The molecular weight excluding hydrogens is 630 g/mol. The maximum atomic E-state index is 12.9. The molecule has 13 nitrogen and oxygen atoms in total. The van der Waals surface area contributed by atoms with Crippen LogP contribution in [-0.4, -0.2) is 51.9 Å². The second-order valence-electron chi connectivity index (χ2n) is 13.4. The average molecular weight is 676 g/mol. The molecule has 0 aliphatic heterocycles. The molecule has 2 atom stereocenters. The lowest BCUT2D eigenvalue weighted by Crippen LogP contribution is -2.57. The second kappa shape index (κ2) is 16.3. The number of ether oxygens (including phenoxy) is 3.